The molecule has 4 fully saturated rings. The van der Waals surface area contributed by atoms with Gasteiger partial charge in [0.05, 0.1) is 0 Å². The summed E-state index contributed by atoms with van der Waals surface area (Å²) in [6, 6.07) is 0. The smallest absolute Gasteiger partial charge is 0.133 e. The summed E-state index contributed by atoms with van der Waals surface area (Å²) >= 11 is 0. The molecule has 0 bridgehead atoms. The van der Waals surface area contributed by atoms with E-state index in [1.165, 1.54) is 51.4 Å². The summed E-state index contributed by atoms with van der Waals surface area (Å²) in [6.07, 6.45) is 12.2. The van der Waals surface area contributed by atoms with E-state index in [2.05, 4.69) is 20.8 Å². The summed E-state index contributed by atoms with van der Waals surface area (Å²) < 4.78 is 5.76. The molecule has 0 aromatic rings. The van der Waals surface area contributed by atoms with E-state index >= 15 is 0 Å². The number of ether oxygens (including phenoxy) is 1. The normalized spacial score (nSPS) is 50.6. The van der Waals surface area contributed by atoms with Crippen molar-refractivity contribution in [3.8, 4) is 0 Å². The van der Waals surface area contributed by atoms with Crippen molar-refractivity contribution in [2.24, 2.45) is 46.3 Å². The number of carbonyl (C=O) groups is 1. The molecule has 0 saturated heterocycles. The Kier molecular flexibility index (Phi) is 5.04. The summed E-state index contributed by atoms with van der Waals surface area (Å²) in [5, 5.41) is 0. The molecule has 2 nitrogen and oxygen atoms in total. The van der Waals surface area contributed by atoms with Crippen LogP contribution in [0.15, 0.2) is 0 Å². The monoisotopic (exact) mass is 360 g/mol. The van der Waals surface area contributed by atoms with E-state index in [0.717, 1.165) is 49.2 Å². The molecule has 4 aliphatic carbocycles. The van der Waals surface area contributed by atoms with E-state index in [0.29, 0.717) is 22.5 Å². The van der Waals surface area contributed by atoms with Crippen LogP contribution in [0.3, 0.4) is 0 Å². The van der Waals surface area contributed by atoms with Crippen LogP contribution < -0.4 is 0 Å². The molecule has 0 N–H and O–H groups in total. The van der Waals surface area contributed by atoms with Gasteiger partial charge in [-0.25, -0.2) is 0 Å². The fourth-order valence-electron chi connectivity index (χ4n) is 8.45. The average molecular weight is 361 g/mol. The minimum atomic E-state index is 0.308. The van der Waals surface area contributed by atoms with Crippen LogP contribution in [0.25, 0.3) is 0 Å². The van der Waals surface area contributed by atoms with Crippen molar-refractivity contribution >= 4 is 5.78 Å². The van der Waals surface area contributed by atoms with Gasteiger partial charge >= 0.3 is 0 Å². The maximum atomic E-state index is 12.3. The molecule has 8 atom stereocenters. The lowest BCUT2D eigenvalue weighted by atomic mass is 9.44. The van der Waals surface area contributed by atoms with E-state index in [9.17, 15) is 4.79 Å². The van der Waals surface area contributed by atoms with Crippen LogP contribution in [-0.4, -0.2) is 19.0 Å². The molecule has 4 aliphatic rings. The molecular formula is C24H40O2. The van der Waals surface area contributed by atoms with Crippen LogP contribution in [0.4, 0.5) is 0 Å². The molecule has 148 valence electrons. The molecule has 2 heteroatoms. The summed E-state index contributed by atoms with van der Waals surface area (Å²) in [4.78, 5) is 12.3. The van der Waals surface area contributed by atoms with Crippen LogP contribution in [0.1, 0.15) is 85.5 Å². The molecule has 0 radical (unpaired) electrons. The second-order valence-corrected chi connectivity index (χ2v) is 10.7. The lowest BCUT2D eigenvalue weighted by molar-refractivity contribution is -0.136. The standard InChI is InChI=1S/C24H40O2/c1-5-26-15-17-10-12-23(3)18(14-17)6-7-19-21-9-8-20(16(2)25)24(21,4)13-11-22(19)23/h17-22H,5-15H2,1-4H3/t17?,18-,19-,20+,21-,22-,23-,24+/m0/s1. The van der Waals surface area contributed by atoms with Crippen molar-refractivity contribution in [1.29, 1.82) is 0 Å². The first kappa shape index (κ1) is 19.0. The highest BCUT2D eigenvalue weighted by atomic mass is 16.5. The zero-order valence-electron chi connectivity index (χ0n) is 17.6. The maximum absolute atomic E-state index is 12.3. The summed E-state index contributed by atoms with van der Waals surface area (Å²) in [6.45, 7) is 10.9. The largest absolute Gasteiger partial charge is 0.381 e. The predicted octanol–water partition coefficient (Wildman–Crippen LogP) is 5.89. The third kappa shape index (κ3) is 2.81. The topological polar surface area (TPSA) is 26.3 Å². The van der Waals surface area contributed by atoms with Crippen molar-refractivity contribution in [2.45, 2.75) is 85.5 Å². The predicted molar refractivity (Wildman–Crippen MR) is 106 cm³/mol. The Bertz CT molecular complexity index is 542. The number of ketones is 1. The lowest BCUT2D eigenvalue weighted by Gasteiger charge is -2.61. The van der Waals surface area contributed by atoms with Gasteiger partial charge in [0.1, 0.15) is 5.78 Å². The van der Waals surface area contributed by atoms with Gasteiger partial charge in [-0.05, 0) is 112 Å². The molecule has 4 rings (SSSR count). The van der Waals surface area contributed by atoms with Gasteiger partial charge in [-0.15, -0.1) is 0 Å². The minimum absolute atomic E-state index is 0.308. The van der Waals surface area contributed by atoms with Gasteiger partial charge in [0.2, 0.25) is 0 Å². The molecule has 0 aromatic carbocycles. The SMILES string of the molecule is CCOCC1CC[C@@]2(C)[C@@H](CC[C@@H]3[C@@H]2CC[C@]2(C)[C@@H](C(C)=O)CC[C@@H]32)C1. The Morgan fingerprint density at radius 1 is 0.962 bits per heavy atom. The number of hydrogen-bond donors (Lipinski definition) is 0. The third-order valence-corrected chi connectivity index (χ3v) is 9.82. The zero-order valence-corrected chi connectivity index (χ0v) is 17.6. The molecule has 0 aromatic heterocycles. The van der Waals surface area contributed by atoms with E-state index in [4.69, 9.17) is 4.74 Å². The second-order valence-electron chi connectivity index (χ2n) is 10.7. The molecule has 0 aliphatic heterocycles. The number of fused-ring (bicyclic) bond motifs is 5. The van der Waals surface area contributed by atoms with E-state index in [-0.39, 0.29) is 0 Å². The fourth-order valence-corrected chi connectivity index (χ4v) is 8.45. The van der Waals surface area contributed by atoms with Gasteiger partial charge in [-0.1, -0.05) is 13.8 Å². The first-order chi connectivity index (χ1) is 12.4. The minimum Gasteiger partial charge on any atom is -0.381 e. The number of carbonyl (C=O) groups excluding carboxylic acids is 1. The van der Waals surface area contributed by atoms with Crippen molar-refractivity contribution in [3.05, 3.63) is 0 Å². The first-order valence-corrected chi connectivity index (χ1v) is 11.5. The fraction of sp³-hybridized carbons (Fsp3) is 0.958. The van der Waals surface area contributed by atoms with Crippen LogP contribution >= 0.6 is 0 Å². The van der Waals surface area contributed by atoms with E-state index in [1.807, 2.05) is 6.92 Å². The van der Waals surface area contributed by atoms with Gasteiger partial charge in [-0.2, -0.15) is 0 Å². The summed E-state index contributed by atoms with van der Waals surface area (Å²) in [5.74, 6) is 5.14. The van der Waals surface area contributed by atoms with E-state index in [1.54, 1.807) is 0 Å². The molecule has 26 heavy (non-hydrogen) atoms. The highest BCUT2D eigenvalue weighted by Crippen LogP contribution is 2.67. The van der Waals surface area contributed by atoms with Crippen LogP contribution in [0.5, 0.6) is 0 Å². The number of hydrogen-bond acceptors (Lipinski definition) is 2. The van der Waals surface area contributed by atoms with Gasteiger partial charge in [0.25, 0.3) is 0 Å². The quantitative estimate of drug-likeness (QED) is 0.625. The summed E-state index contributed by atoms with van der Waals surface area (Å²) in [7, 11) is 0. The van der Waals surface area contributed by atoms with Gasteiger partial charge in [0.15, 0.2) is 0 Å². The van der Waals surface area contributed by atoms with Crippen molar-refractivity contribution in [2.75, 3.05) is 13.2 Å². The molecule has 1 unspecified atom stereocenters. The van der Waals surface area contributed by atoms with Crippen LogP contribution in [-0.2, 0) is 9.53 Å². The number of rotatable bonds is 4. The maximum Gasteiger partial charge on any atom is 0.133 e. The van der Waals surface area contributed by atoms with Crippen molar-refractivity contribution in [3.63, 3.8) is 0 Å². The Morgan fingerprint density at radius 2 is 1.69 bits per heavy atom. The Balaban J connectivity index is 1.51. The Labute approximate surface area is 160 Å². The molecule has 0 heterocycles. The van der Waals surface area contributed by atoms with Gasteiger partial charge in [-0.3, -0.25) is 4.79 Å². The molecule has 0 spiro atoms. The Morgan fingerprint density at radius 3 is 2.42 bits per heavy atom. The number of Topliss-reactive ketones (excluding diaryl/α,β-unsaturated/α-hetero) is 1. The average Bonchev–Trinajstić information content (AvgIpc) is 2.97. The van der Waals surface area contributed by atoms with Gasteiger partial charge < -0.3 is 4.74 Å². The van der Waals surface area contributed by atoms with Crippen LogP contribution in [0, 0.1) is 46.3 Å². The molecule has 4 saturated carbocycles. The highest BCUT2D eigenvalue weighted by molar-refractivity contribution is 5.79. The Hall–Kier alpha value is -0.370. The van der Waals surface area contributed by atoms with Crippen molar-refractivity contribution in [1.82, 2.24) is 0 Å². The third-order valence-electron chi connectivity index (χ3n) is 9.82. The van der Waals surface area contributed by atoms with Gasteiger partial charge in [0, 0.05) is 19.1 Å². The first-order valence-electron chi connectivity index (χ1n) is 11.5. The second kappa shape index (κ2) is 6.90. The molecule has 0 amide bonds. The van der Waals surface area contributed by atoms with Crippen LogP contribution in [0.2, 0.25) is 0 Å². The molecular weight excluding hydrogens is 320 g/mol. The highest BCUT2D eigenvalue weighted by Gasteiger charge is 2.60. The van der Waals surface area contributed by atoms with Crippen molar-refractivity contribution < 1.29 is 9.53 Å². The lowest BCUT2D eigenvalue weighted by Crippen LogP contribution is -2.54. The zero-order chi connectivity index (χ0) is 18.5. The van der Waals surface area contributed by atoms with E-state index < -0.39 is 0 Å². The summed E-state index contributed by atoms with van der Waals surface area (Å²) in [5.41, 5.74) is 0.865.